The van der Waals surface area contributed by atoms with Gasteiger partial charge in [0.15, 0.2) is 4.80 Å². The number of aromatic nitrogens is 1. The van der Waals surface area contributed by atoms with Crippen LogP contribution in [0.2, 0.25) is 5.02 Å². The highest BCUT2D eigenvalue weighted by molar-refractivity contribution is 7.09. The Bertz CT molecular complexity index is 1020. The first-order chi connectivity index (χ1) is 13.1. The number of halogens is 1. The number of hydrogen-bond donors (Lipinski definition) is 0. The first kappa shape index (κ1) is 19.4. The molecular weight excluding hydrogens is 380 g/mol. The Labute approximate surface area is 167 Å². The van der Waals surface area contributed by atoms with E-state index in [0.717, 1.165) is 17.7 Å². The summed E-state index contributed by atoms with van der Waals surface area (Å²) in [5, 5.41) is 0.700. The van der Waals surface area contributed by atoms with Crippen molar-refractivity contribution in [1.29, 1.82) is 0 Å². The zero-order valence-electron chi connectivity index (χ0n) is 15.5. The zero-order valence-corrected chi connectivity index (χ0v) is 17.1. The van der Waals surface area contributed by atoms with Gasteiger partial charge in [0.05, 0.1) is 18.4 Å². The van der Waals surface area contributed by atoms with Crippen molar-refractivity contribution >= 4 is 28.8 Å². The zero-order chi connectivity index (χ0) is 19.4. The summed E-state index contributed by atoms with van der Waals surface area (Å²) in [5.74, 6) is 0.223. The molecule has 0 N–H and O–H groups in total. The van der Waals surface area contributed by atoms with Crippen LogP contribution in [-0.2, 0) is 13.0 Å². The molecule has 140 valence electrons. The normalized spacial score (nSPS) is 11.6. The van der Waals surface area contributed by atoms with Crippen molar-refractivity contribution in [2.45, 2.75) is 26.8 Å². The minimum atomic E-state index is -0.304. The third-order valence-electron chi connectivity index (χ3n) is 4.27. The third-order valence-corrected chi connectivity index (χ3v) is 5.74. The maximum absolute atomic E-state index is 12.8. The van der Waals surface area contributed by atoms with Crippen LogP contribution in [0.1, 0.15) is 29.1 Å². The van der Waals surface area contributed by atoms with Crippen molar-refractivity contribution in [3.8, 4) is 17.0 Å². The number of para-hydroxylation sites is 1. The van der Waals surface area contributed by atoms with Crippen molar-refractivity contribution in [2.24, 2.45) is 4.99 Å². The fourth-order valence-corrected chi connectivity index (χ4v) is 4.24. The summed E-state index contributed by atoms with van der Waals surface area (Å²) in [4.78, 5) is 19.1. The number of benzene rings is 2. The van der Waals surface area contributed by atoms with Crippen molar-refractivity contribution < 1.29 is 9.53 Å². The third kappa shape index (κ3) is 3.99. The van der Waals surface area contributed by atoms with Gasteiger partial charge < -0.3 is 9.30 Å². The molecule has 0 aliphatic carbocycles. The molecule has 1 heterocycles. The highest BCUT2D eigenvalue weighted by atomic mass is 35.5. The van der Waals surface area contributed by atoms with Gasteiger partial charge in [0.25, 0.3) is 5.91 Å². The van der Waals surface area contributed by atoms with Gasteiger partial charge >= 0.3 is 0 Å². The maximum Gasteiger partial charge on any atom is 0.283 e. The Morgan fingerprint density at radius 2 is 1.85 bits per heavy atom. The van der Waals surface area contributed by atoms with Gasteiger partial charge in [-0.1, -0.05) is 42.8 Å². The molecule has 3 aromatic rings. The van der Waals surface area contributed by atoms with Crippen LogP contribution in [-0.4, -0.2) is 17.6 Å². The molecule has 0 unspecified atom stereocenters. The number of nitrogens with zero attached hydrogens (tertiary/aromatic N) is 2. The van der Waals surface area contributed by atoms with Gasteiger partial charge in [0, 0.05) is 16.4 Å². The van der Waals surface area contributed by atoms with Gasteiger partial charge in [-0.3, -0.25) is 4.79 Å². The second-order valence-electron chi connectivity index (χ2n) is 5.88. The number of carbonyl (C=O) groups excluding carboxylic acids is 1. The van der Waals surface area contributed by atoms with Crippen molar-refractivity contribution in [3.05, 3.63) is 68.8 Å². The van der Waals surface area contributed by atoms with Gasteiger partial charge in [-0.05, 0) is 43.2 Å². The number of methoxy groups -OCH3 is 1. The van der Waals surface area contributed by atoms with Gasteiger partial charge in [-0.15, -0.1) is 11.3 Å². The number of aryl methyl sites for hydroxylation is 1. The molecule has 0 spiro atoms. The van der Waals surface area contributed by atoms with Crippen molar-refractivity contribution in [2.75, 3.05) is 7.11 Å². The van der Waals surface area contributed by atoms with Crippen LogP contribution in [0.25, 0.3) is 11.3 Å². The molecule has 0 aliphatic rings. The van der Waals surface area contributed by atoms with Crippen LogP contribution in [0.15, 0.2) is 53.5 Å². The van der Waals surface area contributed by atoms with Crippen LogP contribution in [0.3, 0.4) is 0 Å². The highest BCUT2D eigenvalue weighted by Gasteiger charge is 2.16. The number of amides is 1. The summed E-state index contributed by atoms with van der Waals surface area (Å²) in [5.41, 5.74) is 2.62. The molecule has 4 nitrogen and oxygen atoms in total. The second-order valence-corrected chi connectivity index (χ2v) is 7.38. The van der Waals surface area contributed by atoms with Crippen LogP contribution in [0, 0.1) is 0 Å². The fraction of sp³-hybridized carbons (Fsp3) is 0.238. The predicted molar refractivity (Wildman–Crippen MR) is 111 cm³/mol. The predicted octanol–water partition coefficient (Wildman–Crippen LogP) is 5.20. The molecule has 27 heavy (non-hydrogen) atoms. The van der Waals surface area contributed by atoms with E-state index in [1.165, 1.54) is 4.88 Å². The van der Waals surface area contributed by atoms with E-state index in [1.54, 1.807) is 30.6 Å². The molecule has 6 heteroatoms. The number of ether oxygens (including phenoxy) is 1. The van der Waals surface area contributed by atoms with Crippen LogP contribution < -0.4 is 9.54 Å². The Balaban J connectivity index is 2.15. The van der Waals surface area contributed by atoms with E-state index in [9.17, 15) is 4.79 Å². The Morgan fingerprint density at radius 1 is 1.15 bits per heavy atom. The van der Waals surface area contributed by atoms with Crippen LogP contribution in [0.5, 0.6) is 5.75 Å². The number of hydrogen-bond acceptors (Lipinski definition) is 3. The molecule has 0 fully saturated rings. The van der Waals surface area contributed by atoms with E-state index in [2.05, 4.69) is 23.4 Å². The lowest BCUT2D eigenvalue weighted by Crippen LogP contribution is -2.17. The molecular formula is C21H21ClN2O2S. The van der Waals surface area contributed by atoms with Gasteiger partial charge in [0.2, 0.25) is 0 Å². The molecule has 1 aromatic heterocycles. The Kier molecular flexibility index (Phi) is 6.14. The summed E-state index contributed by atoms with van der Waals surface area (Å²) in [6, 6.07) is 14.9. The molecule has 0 radical (unpaired) electrons. The lowest BCUT2D eigenvalue weighted by Gasteiger charge is -2.09. The van der Waals surface area contributed by atoms with E-state index in [4.69, 9.17) is 16.3 Å². The molecule has 3 rings (SSSR count). The monoisotopic (exact) mass is 400 g/mol. The summed E-state index contributed by atoms with van der Waals surface area (Å²) in [6.07, 6.45) is 0.862. The lowest BCUT2D eigenvalue weighted by molar-refractivity contribution is 0.0995. The minimum Gasteiger partial charge on any atom is -0.496 e. The SMILES string of the molecule is CCc1sc(=NC(=O)c2ccccc2OC)n(CC)c1-c1ccc(Cl)cc1. The van der Waals surface area contributed by atoms with Crippen molar-refractivity contribution in [1.82, 2.24) is 4.57 Å². The molecule has 0 aliphatic heterocycles. The first-order valence-electron chi connectivity index (χ1n) is 8.79. The van der Waals surface area contributed by atoms with Gasteiger partial charge in [-0.25, -0.2) is 0 Å². The average Bonchev–Trinajstić information content (AvgIpc) is 3.05. The Morgan fingerprint density at radius 3 is 2.48 bits per heavy atom. The minimum absolute atomic E-state index is 0.304. The molecule has 0 bridgehead atoms. The van der Waals surface area contributed by atoms with E-state index < -0.39 is 0 Å². The van der Waals surface area contributed by atoms with E-state index in [1.807, 2.05) is 36.4 Å². The van der Waals surface area contributed by atoms with Crippen LogP contribution in [0.4, 0.5) is 0 Å². The standard InChI is InChI=1S/C21H21ClN2O2S/c1-4-18-19(14-10-12-15(22)13-11-14)24(5-2)21(27-18)23-20(25)16-8-6-7-9-17(16)26-3/h6-13H,4-5H2,1-3H3. The second kappa shape index (κ2) is 8.55. The van der Waals surface area contributed by atoms with Crippen LogP contribution >= 0.6 is 22.9 Å². The van der Waals surface area contributed by atoms with Gasteiger partial charge in [0.1, 0.15) is 5.75 Å². The maximum atomic E-state index is 12.8. The topological polar surface area (TPSA) is 43.6 Å². The number of thiazole rings is 1. The van der Waals surface area contributed by atoms with Gasteiger partial charge in [-0.2, -0.15) is 4.99 Å². The summed E-state index contributed by atoms with van der Waals surface area (Å²) in [6.45, 7) is 4.88. The van der Waals surface area contributed by atoms with E-state index in [0.29, 0.717) is 27.7 Å². The van der Waals surface area contributed by atoms with E-state index >= 15 is 0 Å². The quantitative estimate of drug-likeness (QED) is 0.590. The highest BCUT2D eigenvalue weighted by Crippen LogP contribution is 2.28. The Hall–Kier alpha value is -2.37. The lowest BCUT2D eigenvalue weighted by atomic mass is 10.1. The molecule has 1 amide bonds. The largest absolute Gasteiger partial charge is 0.496 e. The first-order valence-corrected chi connectivity index (χ1v) is 9.99. The molecule has 0 atom stereocenters. The number of carbonyl (C=O) groups is 1. The van der Waals surface area contributed by atoms with E-state index in [-0.39, 0.29) is 5.91 Å². The summed E-state index contributed by atoms with van der Waals surface area (Å²) in [7, 11) is 1.55. The molecule has 0 saturated heterocycles. The fourth-order valence-electron chi connectivity index (χ4n) is 2.97. The number of rotatable bonds is 5. The molecule has 0 saturated carbocycles. The molecule has 2 aromatic carbocycles. The summed E-state index contributed by atoms with van der Waals surface area (Å²) >= 11 is 7.59. The summed E-state index contributed by atoms with van der Waals surface area (Å²) < 4.78 is 7.38. The average molecular weight is 401 g/mol. The van der Waals surface area contributed by atoms with Crippen molar-refractivity contribution in [3.63, 3.8) is 0 Å². The smallest absolute Gasteiger partial charge is 0.283 e.